The Balaban J connectivity index is 2.54. The number of hydrogen-bond acceptors (Lipinski definition) is 4. The van der Waals surface area contributed by atoms with Crippen molar-refractivity contribution in [1.29, 1.82) is 0 Å². The van der Waals surface area contributed by atoms with Gasteiger partial charge in [-0.15, -0.1) is 0 Å². The minimum Gasteiger partial charge on any atom is -0.464 e. The van der Waals surface area contributed by atoms with Gasteiger partial charge in [0.1, 0.15) is 0 Å². The molecule has 0 aliphatic carbocycles. The lowest BCUT2D eigenvalue weighted by Crippen LogP contribution is -2.07. The molecule has 0 saturated carbocycles. The van der Waals surface area contributed by atoms with Gasteiger partial charge in [0.2, 0.25) is 0 Å². The summed E-state index contributed by atoms with van der Waals surface area (Å²) in [6.07, 6.45) is 1.53. The van der Waals surface area contributed by atoms with Crippen LogP contribution in [-0.2, 0) is 11.3 Å². The molecule has 1 aromatic heterocycles. The standard InChI is InChI=1S/C13H14N2O3/c1-18-13(17)11-12(10-5-3-2-4-6-10)15(7-8-16)9-14-11/h2-6,9,16H,7-8H2,1H3. The van der Waals surface area contributed by atoms with Gasteiger partial charge in [0.15, 0.2) is 5.69 Å². The number of esters is 1. The Morgan fingerprint density at radius 2 is 2.11 bits per heavy atom. The fourth-order valence-electron chi connectivity index (χ4n) is 1.80. The van der Waals surface area contributed by atoms with Crippen molar-refractivity contribution in [2.24, 2.45) is 0 Å². The van der Waals surface area contributed by atoms with Crippen molar-refractivity contribution in [3.05, 3.63) is 42.4 Å². The number of aliphatic hydroxyl groups excluding tert-OH is 1. The number of hydrogen-bond donors (Lipinski definition) is 1. The molecule has 5 nitrogen and oxygen atoms in total. The summed E-state index contributed by atoms with van der Waals surface area (Å²) >= 11 is 0. The van der Waals surface area contributed by atoms with E-state index in [0.29, 0.717) is 12.2 Å². The van der Waals surface area contributed by atoms with Crippen LogP contribution in [0.2, 0.25) is 0 Å². The van der Waals surface area contributed by atoms with E-state index in [1.54, 1.807) is 4.57 Å². The first-order valence-electron chi connectivity index (χ1n) is 5.57. The van der Waals surface area contributed by atoms with E-state index in [2.05, 4.69) is 4.98 Å². The van der Waals surface area contributed by atoms with Crippen LogP contribution in [0.3, 0.4) is 0 Å². The molecular formula is C13H14N2O3. The number of imidazole rings is 1. The number of benzene rings is 1. The molecule has 1 N–H and O–H groups in total. The van der Waals surface area contributed by atoms with Gasteiger partial charge in [-0.25, -0.2) is 9.78 Å². The Morgan fingerprint density at radius 3 is 2.72 bits per heavy atom. The van der Waals surface area contributed by atoms with E-state index < -0.39 is 5.97 Å². The molecule has 0 aliphatic rings. The fraction of sp³-hybridized carbons (Fsp3) is 0.231. The molecule has 0 aliphatic heterocycles. The summed E-state index contributed by atoms with van der Waals surface area (Å²) in [7, 11) is 1.32. The van der Waals surface area contributed by atoms with Gasteiger partial charge >= 0.3 is 5.97 Å². The second kappa shape index (κ2) is 5.46. The smallest absolute Gasteiger partial charge is 0.358 e. The van der Waals surface area contributed by atoms with Crippen molar-refractivity contribution in [2.45, 2.75) is 6.54 Å². The van der Waals surface area contributed by atoms with Crippen molar-refractivity contribution < 1.29 is 14.6 Å². The minimum absolute atomic E-state index is 0.0171. The molecule has 0 spiro atoms. The first-order valence-corrected chi connectivity index (χ1v) is 5.57. The van der Waals surface area contributed by atoms with E-state index in [-0.39, 0.29) is 12.3 Å². The van der Waals surface area contributed by atoms with Crippen molar-refractivity contribution >= 4 is 5.97 Å². The average Bonchev–Trinajstić information content (AvgIpc) is 2.83. The van der Waals surface area contributed by atoms with Crippen LogP contribution < -0.4 is 0 Å². The third-order valence-electron chi connectivity index (χ3n) is 2.60. The summed E-state index contributed by atoms with van der Waals surface area (Å²) in [6, 6.07) is 9.43. The lowest BCUT2D eigenvalue weighted by molar-refractivity contribution is 0.0595. The maximum Gasteiger partial charge on any atom is 0.358 e. The van der Waals surface area contributed by atoms with E-state index in [0.717, 1.165) is 5.56 Å². The topological polar surface area (TPSA) is 64.3 Å². The van der Waals surface area contributed by atoms with Crippen LogP contribution in [0.1, 0.15) is 10.5 Å². The molecule has 2 aromatic rings. The lowest BCUT2D eigenvalue weighted by Gasteiger charge is -2.08. The Morgan fingerprint density at radius 1 is 1.39 bits per heavy atom. The molecule has 18 heavy (non-hydrogen) atoms. The second-order valence-corrected chi connectivity index (χ2v) is 3.72. The number of aromatic nitrogens is 2. The summed E-state index contributed by atoms with van der Waals surface area (Å²) in [6.45, 7) is 0.366. The van der Waals surface area contributed by atoms with Crippen LogP contribution in [0, 0.1) is 0 Å². The van der Waals surface area contributed by atoms with E-state index in [4.69, 9.17) is 9.84 Å². The predicted octanol–water partition coefficient (Wildman–Crippen LogP) is 1.33. The zero-order chi connectivity index (χ0) is 13.0. The van der Waals surface area contributed by atoms with Gasteiger partial charge in [0.25, 0.3) is 0 Å². The van der Waals surface area contributed by atoms with Gasteiger partial charge in [0, 0.05) is 12.1 Å². The van der Waals surface area contributed by atoms with E-state index >= 15 is 0 Å². The minimum atomic E-state index is -0.481. The number of rotatable bonds is 4. The van der Waals surface area contributed by atoms with Crippen LogP contribution in [0.5, 0.6) is 0 Å². The van der Waals surface area contributed by atoms with Gasteiger partial charge < -0.3 is 14.4 Å². The number of ether oxygens (including phenoxy) is 1. The molecule has 0 radical (unpaired) electrons. The molecular weight excluding hydrogens is 232 g/mol. The molecule has 0 atom stereocenters. The van der Waals surface area contributed by atoms with E-state index in [1.807, 2.05) is 30.3 Å². The highest BCUT2D eigenvalue weighted by molar-refractivity contribution is 5.94. The molecule has 0 bridgehead atoms. The third-order valence-corrected chi connectivity index (χ3v) is 2.60. The third kappa shape index (κ3) is 2.26. The zero-order valence-corrected chi connectivity index (χ0v) is 10.0. The monoisotopic (exact) mass is 246 g/mol. The quantitative estimate of drug-likeness (QED) is 0.826. The highest BCUT2D eigenvalue weighted by Crippen LogP contribution is 2.23. The molecule has 0 fully saturated rings. The highest BCUT2D eigenvalue weighted by Gasteiger charge is 2.19. The first-order chi connectivity index (χ1) is 8.77. The summed E-state index contributed by atoms with van der Waals surface area (Å²) in [5.41, 5.74) is 1.79. The average molecular weight is 246 g/mol. The summed E-state index contributed by atoms with van der Waals surface area (Å²) < 4.78 is 6.45. The Hall–Kier alpha value is -2.14. The first kappa shape index (κ1) is 12.3. The fourth-order valence-corrected chi connectivity index (χ4v) is 1.80. The van der Waals surface area contributed by atoms with Crippen molar-refractivity contribution in [2.75, 3.05) is 13.7 Å². The molecule has 5 heteroatoms. The van der Waals surface area contributed by atoms with E-state index in [9.17, 15) is 4.79 Å². The summed E-state index contributed by atoms with van der Waals surface area (Å²) in [5.74, 6) is -0.481. The van der Waals surface area contributed by atoms with Crippen LogP contribution >= 0.6 is 0 Å². The number of nitrogens with zero attached hydrogens (tertiary/aromatic N) is 2. The summed E-state index contributed by atoms with van der Waals surface area (Å²) in [5, 5.41) is 9.03. The Kier molecular flexibility index (Phi) is 3.74. The molecule has 1 aromatic carbocycles. The molecule has 0 saturated heterocycles. The Bertz CT molecular complexity index is 534. The molecule has 0 unspecified atom stereocenters. The maximum atomic E-state index is 11.7. The van der Waals surface area contributed by atoms with Gasteiger partial charge in [-0.2, -0.15) is 0 Å². The van der Waals surface area contributed by atoms with Gasteiger partial charge in [0.05, 0.1) is 25.7 Å². The lowest BCUT2D eigenvalue weighted by atomic mass is 10.1. The van der Waals surface area contributed by atoms with Gasteiger partial charge in [-0.1, -0.05) is 30.3 Å². The number of carbonyl (C=O) groups excluding carboxylic acids is 1. The SMILES string of the molecule is COC(=O)c1ncn(CCO)c1-c1ccccc1. The normalized spacial score (nSPS) is 10.3. The number of methoxy groups -OCH3 is 1. The Labute approximate surface area is 105 Å². The molecule has 1 heterocycles. The molecule has 2 rings (SSSR count). The van der Waals surface area contributed by atoms with Gasteiger partial charge in [-0.05, 0) is 0 Å². The second-order valence-electron chi connectivity index (χ2n) is 3.72. The van der Waals surface area contributed by atoms with Crippen molar-refractivity contribution in [3.8, 4) is 11.3 Å². The number of carbonyl (C=O) groups is 1. The maximum absolute atomic E-state index is 11.7. The van der Waals surface area contributed by atoms with Gasteiger partial charge in [-0.3, -0.25) is 0 Å². The van der Waals surface area contributed by atoms with Crippen LogP contribution in [0.15, 0.2) is 36.7 Å². The van der Waals surface area contributed by atoms with Crippen LogP contribution in [0.25, 0.3) is 11.3 Å². The zero-order valence-electron chi connectivity index (χ0n) is 10.0. The van der Waals surface area contributed by atoms with E-state index in [1.165, 1.54) is 13.4 Å². The summed E-state index contributed by atoms with van der Waals surface area (Å²) in [4.78, 5) is 15.7. The van der Waals surface area contributed by atoms with Crippen LogP contribution in [-0.4, -0.2) is 34.3 Å². The van der Waals surface area contributed by atoms with Crippen LogP contribution in [0.4, 0.5) is 0 Å². The molecule has 0 amide bonds. The molecule has 94 valence electrons. The predicted molar refractivity (Wildman–Crippen MR) is 66.1 cm³/mol. The van der Waals surface area contributed by atoms with Crippen molar-refractivity contribution in [1.82, 2.24) is 9.55 Å². The highest BCUT2D eigenvalue weighted by atomic mass is 16.5. The number of aliphatic hydroxyl groups is 1. The van der Waals surface area contributed by atoms with Crippen molar-refractivity contribution in [3.63, 3.8) is 0 Å². The largest absolute Gasteiger partial charge is 0.464 e.